The van der Waals surface area contributed by atoms with Crippen LogP contribution in [0.1, 0.15) is 11.1 Å². The van der Waals surface area contributed by atoms with Gasteiger partial charge in [0.2, 0.25) is 5.88 Å². The Labute approximate surface area is 167 Å². The number of carbonyl (C=O) groups excluding carboxylic acids is 1. The number of hydrogen-bond donors (Lipinski definition) is 0. The molecule has 6 nitrogen and oxygen atoms in total. The number of carbonyl (C=O) groups is 1. The van der Waals surface area contributed by atoms with Crippen LogP contribution in [0, 0.1) is 0 Å². The van der Waals surface area contributed by atoms with Crippen molar-refractivity contribution in [1.29, 1.82) is 0 Å². The van der Waals surface area contributed by atoms with E-state index in [1.807, 2.05) is 24.3 Å². The third kappa shape index (κ3) is 4.47. The minimum absolute atomic E-state index is 0.293. The van der Waals surface area contributed by atoms with Gasteiger partial charge in [0, 0.05) is 6.07 Å². The normalized spacial score (nSPS) is 11.0. The molecule has 0 radical (unpaired) electrons. The van der Waals surface area contributed by atoms with Crippen molar-refractivity contribution in [2.24, 2.45) is 0 Å². The third-order valence-electron chi connectivity index (χ3n) is 3.92. The Morgan fingerprint density at radius 1 is 0.893 bits per heavy atom. The van der Waals surface area contributed by atoms with Crippen LogP contribution in [-0.2, 0) is 4.79 Å². The van der Waals surface area contributed by atoms with Crippen molar-refractivity contribution in [2.45, 2.75) is 0 Å². The summed E-state index contributed by atoms with van der Waals surface area (Å²) in [4.78, 5) is 11.2. The first-order valence-corrected chi connectivity index (χ1v) is 8.67. The monoisotopic (exact) mass is 396 g/mol. The zero-order chi connectivity index (χ0) is 19.9. The number of ether oxygens (including phenoxy) is 3. The largest absolute Gasteiger partial charge is 0.493 e. The van der Waals surface area contributed by atoms with Crippen molar-refractivity contribution in [2.75, 3.05) is 14.2 Å². The highest BCUT2D eigenvalue weighted by Crippen LogP contribution is 2.33. The molecule has 3 aromatic rings. The van der Waals surface area contributed by atoms with E-state index in [1.165, 1.54) is 6.08 Å². The number of rotatable bonds is 7. The maximum Gasteiger partial charge on any atom is 0.238 e. The fourth-order valence-corrected chi connectivity index (χ4v) is 2.71. The van der Waals surface area contributed by atoms with Crippen LogP contribution in [0.25, 0.3) is 5.57 Å². The summed E-state index contributed by atoms with van der Waals surface area (Å²) < 4.78 is 16.3. The van der Waals surface area contributed by atoms with Gasteiger partial charge in [-0.05, 0) is 53.1 Å². The molecule has 0 amide bonds. The van der Waals surface area contributed by atoms with Gasteiger partial charge in [0.15, 0.2) is 16.7 Å². The van der Waals surface area contributed by atoms with E-state index in [0.29, 0.717) is 28.3 Å². The van der Waals surface area contributed by atoms with Gasteiger partial charge in [0.25, 0.3) is 0 Å². The minimum atomic E-state index is 0.293. The molecule has 0 aliphatic rings. The van der Waals surface area contributed by atoms with Crippen LogP contribution in [0.3, 0.4) is 0 Å². The summed E-state index contributed by atoms with van der Waals surface area (Å²) in [6.45, 7) is 0. The summed E-state index contributed by atoms with van der Waals surface area (Å²) in [6.07, 6.45) is 2.25. The first-order valence-electron chi connectivity index (χ1n) is 8.30. The summed E-state index contributed by atoms with van der Waals surface area (Å²) in [6, 6.07) is 16.0. The van der Waals surface area contributed by atoms with E-state index in [0.717, 1.165) is 23.0 Å². The van der Waals surface area contributed by atoms with E-state index in [4.69, 9.17) is 25.8 Å². The van der Waals surface area contributed by atoms with Gasteiger partial charge in [-0.25, -0.2) is 0 Å². The second kappa shape index (κ2) is 9.01. The van der Waals surface area contributed by atoms with Gasteiger partial charge in [-0.1, -0.05) is 29.8 Å². The second-order valence-electron chi connectivity index (χ2n) is 5.61. The molecule has 7 heteroatoms. The number of nitrogens with zero attached hydrogens (tertiary/aromatic N) is 2. The zero-order valence-electron chi connectivity index (χ0n) is 15.3. The minimum Gasteiger partial charge on any atom is -0.493 e. The maximum atomic E-state index is 11.2. The number of benzene rings is 2. The fourth-order valence-electron chi connectivity index (χ4n) is 2.61. The van der Waals surface area contributed by atoms with Crippen molar-refractivity contribution in [3.63, 3.8) is 0 Å². The van der Waals surface area contributed by atoms with Crippen molar-refractivity contribution >= 4 is 23.5 Å². The van der Waals surface area contributed by atoms with E-state index >= 15 is 0 Å². The quantitative estimate of drug-likeness (QED) is 0.430. The van der Waals surface area contributed by atoms with Crippen LogP contribution in [0.5, 0.6) is 23.1 Å². The van der Waals surface area contributed by atoms with Crippen LogP contribution >= 0.6 is 11.6 Å². The fraction of sp³-hybridized carbons (Fsp3) is 0.0952. The van der Waals surface area contributed by atoms with Crippen molar-refractivity contribution < 1.29 is 19.0 Å². The molecule has 0 unspecified atom stereocenters. The Bertz CT molecular complexity index is 986. The number of hydrogen-bond acceptors (Lipinski definition) is 6. The molecule has 0 fully saturated rings. The summed E-state index contributed by atoms with van der Waals surface area (Å²) in [5.41, 5.74) is 2.41. The Morgan fingerprint density at radius 3 is 2.21 bits per heavy atom. The topological polar surface area (TPSA) is 70.5 Å². The molecule has 3 rings (SSSR count). The number of aromatic nitrogens is 2. The third-order valence-corrected chi connectivity index (χ3v) is 4.13. The van der Waals surface area contributed by atoms with Crippen LogP contribution in [-0.4, -0.2) is 30.7 Å². The van der Waals surface area contributed by atoms with Gasteiger partial charge >= 0.3 is 0 Å². The lowest BCUT2D eigenvalue weighted by Gasteiger charge is -2.12. The van der Waals surface area contributed by atoms with Gasteiger partial charge in [0.1, 0.15) is 12.0 Å². The molecular formula is C21H17ClN2O4. The molecule has 0 bridgehead atoms. The predicted octanol–water partition coefficient (Wildman–Crippen LogP) is 4.57. The molecule has 1 heterocycles. The molecule has 1 aromatic heterocycles. The lowest BCUT2D eigenvalue weighted by atomic mass is 9.97. The zero-order valence-corrected chi connectivity index (χ0v) is 16.0. The average Bonchev–Trinajstić information content (AvgIpc) is 2.74. The highest BCUT2D eigenvalue weighted by molar-refractivity contribution is 6.29. The van der Waals surface area contributed by atoms with E-state index in [9.17, 15) is 4.79 Å². The second-order valence-corrected chi connectivity index (χ2v) is 5.99. The van der Waals surface area contributed by atoms with E-state index in [2.05, 4.69) is 10.2 Å². The van der Waals surface area contributed by atoms with E-state index in [-0.39, 0.29) is 0 Å². The Balaban J connectivity index is 1.88. The number of allylic oxidation sites excluding steroid dienone is 1. The molecule has 0 N–H and O–H groups in total. The van der Waals surface area contributed by atoms with Crippen LogP contribution in [0.4, 0.5) is 0 Å². The molecule has 0 spiro atoms. The lowest BCUT2D eigenvalue weighted by Crippen LogP contribution is -1.95. The van der Waals surface area contributed by atoms with E-state index in [1.54, 1.807) is 44.6 Å². The van der Waals surface area contributed by atoms with Crippen LogP contribution in [0.15, 0.2) is 60.7 Å². The molecule has 0 saturated heterocycles. The molecule has 0 aliphatic heterocycles. The first-order chi connectivity index (χ1) is 13.6. The Morgan fingerprint density at radius 2 is 1.61 bits per heavy atom. The number of methoxy groups -OCH3 is 2. The molecule has 0 atom stereocenters. The predicted molar refractivity (Wildman–Crippen MR) is 106 cm³/mol. The summed E-state index contributed by atoms with van der Waals surface area (Å²) >= 11 is 5.72. The highest BCUT2D eigenvalue weighted by atomic mass is 35.5. The van der Waals surface area contributed by atoms with Crippen molar-refractivity contribution in [3.05, 3.63) is 77.0 Å². The molecular weight excluding hydrogens is 380 g/mol. The molecule has 28 heavy (non-hydrogen) atoms. The van der Waals surface area contributed by atoms with Gasteiger partial charge in [-0.2, -0.15) is 0 Å². The van der Waals surface area contributed by atoms with Crippen molar-refractivity contribution in [3.8, 4) is 23.1 Å². The maximum absolute atomic E-state index is 11.2. The smallest absolute Gasteiger partial charge is 0.238 e. The van der Waals surface area contributed by atoms with Crippen LogP contribution in [0.2, 0.25) is 5.15 Å². The van der Waals surface area contributed by atoms with Gasteiger partial charge in [-0.15, -0.1) is 10.2 Å². The highest BCUT2D eigenvalue weighted by Gasteiger charge is 2.10. The lowest BCUT2D eigenvalue weighted by molar-refractivity contribution is -0.104. The first kappa shape index (κ1) is 19.4. The number of halogens is 1. The van der Waals surface area contributed by atoms with Gasteiger partial charge in [-0.3, -0.25) is 4.79 Å². The summed E-state index contributed by atoms with van der Waals surface area (Å²) in [5, 5.41) is 7.88. The Hall–Kier alpha value is -3.38. The van der Waals surface area contributed by atoms with Gasteiger partial charge < -0.3 is 14.2 Å². The molecule has 0 saturated carbocycles. The standard InChI is InChI=1S/C21H17ClN2O4/c1-26-18-8-5-15(13-19(18)27-2)17(11-12-25)14-3-6-16(7-4-14)28-21-10-9-20(22)23-24-21/h3-13H,1-2H3/b17-11-. The van der Waals surface area contributed by atoms with E-state index < -0.39 is 0 Å². The summed E-state index contributed by atoms with van der Waals surface area (Å²) in [5.74, 6) is 2.11. The van der Waals surface area contributed by atoms with Crippen molar-refractivity contribution in [1.82, 2.24) is 10.2 Å². The molecule has 0 aliphatic carbocycles. The Kier molecular flexibility index (Phi) is 6.24. The molecule has 142 valence electrons. The average molecular weight is 397 g/mol. The van der Waals surface area contributed by atoms with Gasteiger partial charge in [0.05, 0.1) is 14.2 Å². The van der Waals surface area contributed by atoms with Crippen LogP contribution < -0.4 is 14.2 Å². The SMILES string of the molecule is COc1ccc(/C(=C\C=O)c2ccc(Oc3ccc(Cl)nn3)cc2)cc1OC. The molecule has 2 aromatic carbocycles. The summed E-state index contributed by atoms with van der Waals surface area (Å²) in [7, 11) is 3.14. The number of aldehydes is 1.